The van der Waals surface area contributed by atoms with Crippen molar-refractivity contribution in [2.75, 3.05) is 0 Å². The lowest BCUT2D eigenvalue weighted by atomic mass is 10.1. The van der Waals surface area contributed by atoms with Crippen LogP contribution in [-0.4, -0.2) is 10.1 Å². The molecule has 4 nitrogen and oxygen atoms in total. The average Bonchev–Trinajstić information content (AvgIpc) is 2.99. The van der Waals surface area contributed by atoms with Gasteiger partial charge in [-0.1, -0.05) is 17.3 Å². The predicted octanol–water partition coefficient (Wildman–Crippen LogP) is 4.64. The molecule has 3 aromatic rings. The molecule has 0 aliphatic carbocycles. The van der Waals surface area contributed by atoms with Gasteiger partial charge in [0.25, 0.3) is 0 Å². The minimum atomic E-state index is -4.33. The Labute approximate surface area is 135 Å². The molecule has 0 aliphatic rings. The highest BCUT2D eigenvalue weighted by molar-refractivity contribution is 5.55. The number of alkyl halides is 3. The van der Waals surface area contributed by atoms with Gasteiger partial charge in [-0.15, -0.1) is 0 Å². The van der Waals surface area contributed by atoms with Crippen molar-refractivity contribution >= 4 is 0 Å². The average molecular weight is 334 g/mol. The molecule has 0 fully saturated rings. The van der Waals surface area contributed by atoms with Crippen LogP contribution < -0.4 is 4.74 Å². The Bertz CT molecular complexity index is 809. The summed E-state index contributed by atoms with van der Waals surface area (Å²) in [6.07, 6.45) is -4.33. The predicted molar refractivity (Wildman–Crippen MR) is 80.2 cm³/mol. The first kappa shape index (κ1) is 16.0. The molecule has 1 heterocycles. The number of halogens is 3. The van der Waals surface area contributed by atoms with Gasteiger partial charge in [-0.25, -0.2) is 0 Å². The molecule has 0 radical (unpaired) electrons. The van der Waals surface area contributed by atoms with Crippen LogP contribution in [0.25, 0.3) is 11.4 Å². The summed E-state index contributed by atoms with van der Waals surface area (Å²) in [7, 11) is 0. The quantitative estimate of drug-likeness (QED) is 0.697. The molecule has 0 saturated heterocycles. The number of nitrogens with zero attached hydrogens (tertiary/aromatic N) is 2. The van der Waals surface area contributed by atoms with E-state index in [9.17, 15) is 13.2 Å². The van der Waals surface area contributed by atoms with Gasteiger partial charge in [-0.3, -0.25) is 0 Å². The lowest BCUT2D eigenvalue weighted by Crippen LogP contribution is -2.05. The van der Waals surface area contributed by atoms with Crippen molar-refractivity contribution in [1.82, 2.24) is 10.1 Å². The van der Waals surface area contributed by atoms with Crippen LogP contribution in [0.15, 0.2) is 53.1 Å². The fourth-order valence-corrected chi connectivity index (χ4v) is 2.07. The highest BCUT2D eigenvalue weighted by Crippen LogP contribution is 2.29. The zero-order valence-corrected chi connectivity index (χ0v) is 12.7. The fourth-order valence-electron chi connectivity index (χ4n) is 2.07. The number of aryl methyl sites for hydroxylation is 1. The van der Waals surface area contributed by atoms with E-state index in [4.69, 9.17) is 9.26 Å². The number of aromatic nitrogens is 2. The van der Waals surface area contributed by atoms with Gasteiger partial charge in [0.15, 0.2) is 0 Å². The second-order valence-corrected chi connectivity index (χ2v) is 5.14. The Morgan fingerprint density at radius 2 is 1.67 bits per heavy atom. The number of rotatable bonds is 4. The molecule has 0 unspecified atom stereocenters. The van der Waals surface area contributed by atoms with Gasteiger partial charge in [0, 0.05) is 12.5 Å². The van der Waals surface area contributed by atoms with Crippen LogP contribution in [0, 0.1) is 6.92 Å². The van der Waals surface area contributed by atoms with Crippen molar-refractivity contribution in [1.29, 1.82) is 0 Å². The third-order valence-electron chi connectivity index (χ3n) is 3.33. The first-order chi connectivity index (χ1) is 11.4. The minimum absolute atomic E-state index is 0.179. The van der Waals surface area contributed by atoms with Crippen LogP contribution in [0.1, 0.15) is 17.0 Å². The number of hydrogen-bond donors (Lipinski definition) is 0. The molecule has 0 atom stereocenters. The van der Waals surface area contributed by atoms with Crippen molar-refractivity contribution < 1.29 is 22.4 Å². The molecule has 2 aromatic carbocycles. The summed E-state index contributed by atoms with van der Waals surface area (Å²) in [5, 5.41) is 3.82. The summed E-state index contributed by atoms with van der Waals surface area (Å²) >= 11 is 0. The molecule has 124 valence electrons. The third-order valence-corrected chi connectivity index (χ3v) is 3.33. The van der Waals surface area contributed by atoms with E-state index in [2.05, 4.69) is 10.1 Å². The first-order valence-electron chi connectivity index (χ1n) is 7.11. The molecule has 3 rings (SSSR count). The zero-order valence-electron chi connectivity index (χ0n) is 12.7. The van der Waals surface area contributed by atoms with Crippen molar-refractivity contribution in [3.8, 4) is 17.1 Å². The summed E-state index contributed by atoms with van der Waals surface area (Å²) in [5.74, 6) is 1.56. The van der Waals surface area contributed by atoms with Crippen LogP contribution in [0.5, 0.6) is 5.75 Å². The van der Waals surface area contributed by atoms with Gasteiger partial charge in [0.1, 0.15) is 12.4 Å². The Hall–Kier alpha value is -2.83. The van der Waals surface area contributed by atoms with Crippen LogP contribution in [-0.2, 0) is 12.8 Å². The molecular formula is C17H13F3N2O2. The van der Waals surface area contributed by atoms with E-state index in [0.717, 1.165) is 17.7 Å². The molecule has 0 amide bonds. The number of hydrogen-bond acceptors (Lipinski definition) is 4. The summed E-state index contributed by atoms with van der Waals surface area (Å²) in [4.78, 5) is 4.12. The molecule has 1 aromatic heterocycles. The van der Waals surface area contributed by atoms with Gasteiger partial charge in [0.05, 0.1) is 5.56 Å². The maximum atomic E-state index is 12.5. The van der Waals surface area contributed by atoms with E-state index in [0.29, 0.717) is 23.0 Å². The normalized spacial score (nSPS) is 11.5. The van der Waals surface area contributed by atoms with Crippen molar-refractivity contribution in [2.24, 2.45) is 0 Å². The number of ether oxygens (including phenoxy) is 1. The van der Waals surface area contributed by atoms with Gasteiger partial charge in [0.2, 0.25) is 11.7 Å². The summed E-state index contributed by atoms with van der Waals surface area (Å²) in [6, 6.07) is 11.9. The minimum Gasteiger partial charge on any atom is -0.489 e. The number of benzene rings is 2. The van der Waals surface area contributed by atoms with Crippen LogP contribution >= 0.6 is 0 Å². The van der Waals surface area contributed by atoms with E-state index in [1.165, 1.54) is 12.1 Å². The van der Waals surface area contributed by atoms with E-state index in [-0.39, 0.29) is 6.61 Å². The Kier molecular flexibility index (Phi) is 4.24. The van der Waals surface area contributed by atoms with Gasteiger partial charge in [-0.2, -0.15) is 18.2 Å². The van der Waals surface area contributed by atoms with Gasteiger partial charge >= 0.3 is 6.18 Å². The summed E-state index contributed by atoms with van der Waals surface area (Å²) < 4.78 is 48.0. The van der Waals surface area contributed by atoms with Crippen LogP contribution in [0.2, 0.25) is 0 Å². The highest BCUT2D eigenvalue weighted by atomic mass is 19.4. The van der Waals surface area contributed by atoms with E-state index >= 15 is 0 Å². The van der Waals surface area contributed by atoms with E-state index in [1.807, 2.05) is 0 Å². The standard InChI is InChI=1S/C17H13F3N2O2/c1-11-21-16(22-24-11)13-4-8-15(9-5-13)23-10-12-2-6-14(7-3-12)17(18,19)20/h2-9H,10H2,1H3. The highest BCUT2D eigenvalue weighted by Gasteiger charge is 2.29. The van der Waals surface area contributed by atoms with Crippen LogP contribution in [0.4, 0.5) is 13.2 Å². The molecular weight excluding hydrogens is 321 g/mol. The Balaban J connectivity index is 1.62. The second kappa shape index (κ2) is 6.35. The van der Waals surface area contributed by atoms with E-state index < -0.39 is 11.7 Å². The molecule has 0 aliphatic heterocycles. The van der Waals surface area contributed by atoms with Gasteiger partial charge < -0.3 is 9.26 Å². The lowest BCUT2D eigenvalue weighted by molar-refractivity contribution is -0.137. The molecule has 0 bridgehead atoms. The second-order valence-electron chi connectivity index (χ2n) is 5.14. The molecule has 7 heteroatoms. The Morgan fingerprint density at radius 1 is 1.00 bits per heavy atom. The summed E-state index contributed by atoms with van der Waals surface area (Å²) in [5.41, 5.74) is 0.764. The first-order valence-corrected chi connectivity index (χ1v) is 7.11. The molecule has 24 heavy (non-hydrogen) atoms. The van der Waals surface area contributed by atoms with Crippen molar-refractivity contribution in [3.05, 3.63) is 65.5 Å². The maximum absolute atomic E-state index is 12.5. The largest absolute Gasteiger partial charge is 0.489 e. The molecule has 0 saturated carbocycles. The fraction of sp³-hybridized carbons (Fsp3) is 0.176. The van der Waals surface area contributed by atoms with Crippen molar-refractivity contribution in [3.63, 3.8) is 0 Å². The van der Waals surface area contributed by atoms with Crippen molar-refractivity contribution in [2.45, 2.75) is 19.7 Å². The zero-order chi connectivity index (χ0) is 17.2. The van der Waals surface area contributed by atoms with Gasteiger partial charge in [-0.05, 0) is 42.0 Å². The third kappa shape index (κ3) is 3.73. The summed E-state index contributed by atoms with van der Waals surface area (Å²) in [6.45, 7) is 1.89. The topological polar surface area (TPSA) is 48.2 Å². The van der Waals surface area contributed by atoms with Crippen LogP contribution in [0.3, 0.4) is 0 Å². The smallest absolute Gasteiger partial charge is 0.416 e. The monoisotopic (exact) mass is 334 g/mol. The van der Waals surface area contributed by atoms with E-state index in [1.54, 1.807) is 31.2 Å². The maximum Gasteiger partial charge on any atom is 0.416 e. The SMILES string of the molecule is Cc1nc(-c2ccc(OCc3ccc(C(F)(F)F)cc3)cc2)no1. The lowest BCUT2D eigenvalue weighted by Gasteiger charge is -2.09. The Morgan fingerprint density at radius 3 is 2.21 bits per heavy atom. The molecule has 0 N–H and O–H groups in total. The molecule has 0 spiro atoms.